The zero-order valence-corrected chi connectivity index (χ0v) is 16.1. The van der Waals surface area contributed by atoms with E-state index in [4.69, 9.17) is 0 Å². The van der Waals surface area contributed by atoms with Gasteiger partial charge in [0, 0.05) is 10.5 Å². The molecule has 2 bridgehead atoms. The number of halogens is 1. The minimum atomic E-state index is -0.281. The highest BCUT2D eigenvalue weighted by atomic mass is 79.9. The molecule has 4 rings (SSSR count). The molecule has 6 heteroatoms. The minimum Gasteiger partial charge on any atom is -0.352 e. The van der Waals surface area contributed by atoms with Crippen molar-refractivity contribution in [2.45, 2.75) is 25.8 Å². The number of nitrogens with one attached hydrogen (secondary N) is 1. The van der Waals surface area contributed by atoms with Gasteiger partial charge in [-0.2, -0.15) is 0 Å². The van der Waals surface area contributed by atoms with Crippen molar-refractivity contribution in [3.05, 3.63) is 46.5 Å². The Hall–Kier alpha value is -1.95. The summed E-state index contributed by atoms with van der Waals surface area (Å²) in [5.41, 5.74) is 1.12. The molecule has 136 valence electrons. The Kier molecular flexibility index (Phi) is 4.47. The lowest BCUT2D eigenvalue weighted by molar-refractivity contribution is -0.144. The average Bonchev–Trinajstić information content (AvgIpc) is 3.27. The molecule has 1 aromatic carbocycles. The lowest BCUT2D eigenvalue weighted by Crippen LogP contribution is -2.44. The van der Waals surface area contributed by atoms with Crippen LogP contribution in [0.3, 0.4) is 0 Å². The summed E-state index contributed by atoms with van der Waals surface area (Å²) >= 11 is 3.40. The van der Waals surface area contributed by atoms with Gasteiger partial charge in [0.25, 0.3) is 0 Å². The first-order valence-electron chi connectivity index (χ1n) is 9.01. The maximum Gasteiger partial charge on any atom is 0.240 e. The van der Waals surface area contributed by atoms with Gasteiger partial charge in [-0.1, -0.05) is 40.2 Å². The number of benzene rings is 1. The standard InChI is InChI=1S/C20H21BrN2O3/c1-11(8-12-2-6-15(21)7-3-12)22-16(24)10-23-19(25)17-13-4-5-14(9-13)18(17)20(23)26/h2-7,11,13-14,17-18H,8-10H2,1H3,(H,22,24). The molecule has 3 aliphatic rings. The zero-order valence-electron chi connectivity index (χ0n) is 14.5. The Balaban J connectivity index is 1.34. The number of imide groups is 1. The van der Waals surface area contributed by atoms with Crippen LogP contribution in [0.4, 0.5) is 0 Å². The van der Waals surface area contributed by atoms with Gasteiger partial charge < -0.3 is 5.32 Å². The molecule has 3 amide bonds. The predicted molar refractivity (Wildman–Crippen MR) is 99.9 cm³/mol. The van der Waals surface area contributed by atoms with Crippen LogP contribution >= 0.6 is 15.9 Å². The smallest absolute Gasteiger partial charge is 0.240 e. The molecule has 26 heavy (non-hydrogen) atoms. The predicted octanol–water partition coefficient (Wildman–Crippen LogP) is 2.30. The number of likely N-dealkylation sites (tertiary alicyclic amines) is 1. The van der Waals surface area contributed by atoms with Crippen molar-refractivity contribution in [3.8, 4) is 0 Å². The summed E-state index contributed by atoms with van der Waals surface area (Å²) in [4.78, 5) is 38.8. The first kappa shape index (κ1) is 17.5. The second kappa shape index (κ2) is 6.65. The van der Waals surface area contributed by atoms with Crippen molar-refractivity contribution in [3.63, 3.8) is 0 Å². The molecule has 0 aromatic heterocycles. The number of nitrogens with zero attached hydrogens (tertiary/aromatic N) is 1. The van der Waals surface area contributed by atoms with Gasteiger partial charge in [0.1, 0.15) is 6.54 Å². The molecule has 1 saturated carbocycles. The van der Waals surface area contributed by atoms with Crippen LogP contribution in [0.15, 0.2) is 40.9 Å². The first-order valence-corrected chi connectivity index (χ1v) is 9.80. The third kappa shape index (κ3) is 3.00. The van der Waals surface area contributed by atoms with E-state index in [1.54, 1.807) is 0 Å². The van der Waals surface area contributed by atoms with Gasteiger partial charge in [0.05, 0.1) is 11.8 Å². The normalized spacial score (nSPS) is 30.0. The Morgan fingerprint density at radius 2 is 1.73 bits per heavy atom. The van der Waals surface area contributed by atoms with Gasteiger partial charge in [-0.25, -0.2) is 0 Å². The summed E-state index contributed by atoms with van der Waals surface area (Å²) in [5.74, 6) is -0.774. The van der Waals surface area contributed by atoms with Crippen LogP contribution in [-0.2, 0) is 20.8 Å². The topological polar surface area (TPSA) is 66.5 Å². The van der Waals surface area contributed by atoms with Crippen molar-refractivity contribution in [2.75, 3.05) is 6.54 Å². The summed E-state index contributed by atoms with van der Waals surface area (Å²) in [6.45, 7) is 1.75. The summed E-state index contributed by atoms with van der Waals surface area (Å²) in [6, 6.07) is 7.86. The average molecular weight is 417 g/mol. The number of amides is 3. The van der Waals surface area contributed by atoms with Crippen molar-refractivity contribution in [1.29, 1.82) is 0 Å². The minimum absolute atomic E-state index is 0.0752. The Bertz CT molecular complexity index is 759. The lowest BCUT2D eigenvalue weighted by Gasteiger charge is -2.19. The van der Waals surface area contributed by atoms with E-state index in [-0.39, 0.29) is 54.0 Å². The van der Waals surface area contributed by atoms with E-state index < -0.39 is 0 Å². The first-order chi connectivity index (χ1) is 12.4. The van der Waals surface area contributed by atoms with Crippen LogP contribution in [0.2, 0.25) is 0 Å². The van der Waals surface area contributed by atoms with Crippen LogP contribution in [0.1, 0.15) is 18.9 Å². The van der Waals surface area contributed by atoms with E-state index in [9.17, 15) is 14.4 Å². The van der Waals surface area contributed by atoms with Crippen LogP contribution in [0, 0.1) is 23.7 Å². The molecule has 1 aliphatic heterocycles. The number of hydrogen-bond donors (Lipinski definition) is 1. The number of allylic oxidation sites excluding steroid dienone is 2. The van der Waals surface area contributed by atoms with Gasteiger partial charge in [-0.05, 0) is 49.3 Å². The highest BCUT2D eigenvalue weighted by Crippen LogP contribution is 2.52. The fourth-order valence-electron chi connectivity index (χ4n) is 4.61. The van der Waals surface area contributed by atoms with Crippen molar-refractivity contribution in [2.24, 2.45) is 23.7 Å². The van der Waals surface area contributed by atoms with Gasteiger partial charge in [0.15, 0.2) is 0 Å². The summed E-state index contributed by atoms with van der Waals surface area (Å²) in [5, 5.41) is 2.90. The van der Waals surface area contributed by atoms with Crippen molar-refractivity contribution < 1.29 is 14.4 Å². The maximum absolute atomic E-state index is 12.6. The molecule has 0 spiro atoms. The molecule has 2 aliphatic carbocycles. The summed E-state index contributed by atoms with van der Waals surface area (Å²) in [6.07, 6.45) is 5.71. The quantitative estimate of drug-likeness (QED) is 0.591. The molecule has 1 heterocycles. The fourth-order valence-corrected chi connectivity index (χ4v) is 4.87. The molecular weight excluding hydrogens is 396 g/mol. The number of rotatable bonds is 5. The molecule has 1 saturated heterocycles. The van der Waals surface area contributed by atoms with E-state index in [1.807, 2.05) is 31.2 Å². The van der Waals surface area contributed by atoms with Gasteiger partial charge >= 0.3 is 0 Å². The van der Waals surface area contributed by atoms with E-state index in [1.165, 1.54) is 4.90 Å². The molecular formula is C20H21BrN2O3. The largest absolute Gasteiger partial charge is 0.352 e. The van der Waals surface area contributed by atoms with Crippen molar-refractivity contribution in [1.82, 2.24) is 10.2 Å². The molecule has 1 aromatic rings. The fraction of sp³-hybridized carbons (Fsp3) is 0.450. The molecule has 1 N–H and O–H groups in total. The number of carbonyl (C=O) groups is 3. The highest BCUT2D eigenvalue weighted by molar-refractivity contribution is 9.10. The van der Waals surface area contributed by atoms with E-state index in [2.05, 4.69) is 33.4 Å². The third-order valence-electron chi connectivity index (χ3n) is 5.73. The second-order valence-electron chi connectivity index (χ2n) is 7.56. The third-order valence-corrected chi connectivity index (χ3v) is 6.25. The molecule has 5 nitrogen and oxygen atoms in total. The number of hydrogen-bond acceptors (Lipinski definition) is 3. The Morgan fingerprint density at radius 1 is 1.15 bits per heavy atom. The number of fused-ring (bicyclic) bond motifs is 5. The maximum atomic E-state index is 12.6. The van der Waals surface area contributed by atoms with E-state index in [0.29, 0.717) is 6.42 Å². The van der Waals surface area contributed by atoms with Crippen molar-refractivity contribution >= 4 is 33.7 Å². The molecule has 5 atom stereocenters. The number of carbonyl (C=O) groups excluding carboxylic acids is 3. The van der Waals surface area contributed by atoms with Crippen LogP contribution in [0.25, 0.3) is 0 Å². The monoisotopic (exact) mass is 416 g/mol. The summed E-state index contributed by atoms with van der Waals surface area (Å²) < 4.78 is 1.01. The van der Waals surface area contributed by atoms with E-state index >= 15 is 0 Å². The lowest BCUT2D eigenvalue weighted by atomic mass is 9.85. The van der Waals surface area contributed by atoms with Crippen LogP contribution in [0.5, 0.6) is 0 Å². The Labute approximate surface area is 160 Å². The van der Waals surface area contributed by atoms with Gasteiger partial charge in [-0.3, -0.25) is 19.3 Å². The molecule has 5 unspecified atom stereocenters. The van der Waals surface area contributed by atoms with Gasteiger partial charge in [0.2, 0.25) is 17.7 Å². The van der Waals surface area contributed by atoms with E-state index in [0.717, 1.165) is 16.5 Å². The summed E-state index contributed by atoms with van der Waals surface area (Å²) in [7, 11) is 0. The van der Waals surface area contributed by atoms with Crippen LogP contribution in [-0.4, -0.2) is 35.2 Å². The van der Waals surface area contributed by atoms with Gasteiger partial charge in [-0.15, -0.1) is 0 Å². The second-order valence-corrected chi connectivity index (χ2v) is 8.48. The highest BCUT2D eigenvalue weighted by Gasteiger charge is 2.59. The molecule has 0 radical (unpaired) electrons. The van der Waals surface area contributed by atoms with Crippen LogP contribution < -0.4 is 5.32 Å². The Morgan fingerprint density at radius 3 is 2.31 bits per heavy atom. The SMILES string of the molecule is CC(Cc1ccc(Br)cc1)NC(=O)CN1C(=O)C2C3C=CC(C3)C2C1=O. The molecule has 2 fully saturated rings. The zero-order chi connectivity index (χ0) is 18.4.